The van der Waals surface area contributed by atoms with Gasteiger partial charge in [0.25, 0.3) is 5.91 Å². The number of carbonyl (C=O) groups is 2. The number of aliphatic carboxylic acids is 1. The van der Waals surface area contributed by atoms with Crippen LogP contribution in [-0.4, -0.2) is 35.6 Å². The van der Waals surface area contributed by atoms with Gasteiger partial charge in [0, 0.05) is 7.05 Å². The maximum atomic E-state index is 10.8. The molecule has 0 aliphatic heterocycles. The van der Waals surface area contributed by atoms with Gasteiger partial charge in [-0.1, -0.05) is 6.07 Å². The summed E-state index contributed by atoms with van der Waals surface area (Å²) in [6.07, 6.45) is 0. The van der Waals surface area contributed by atoms with Crippen LogP contribution in [0.5, 0.6) is 0 Å². The van der Waals surface area contributed by atoms with Crippen molar-refractivity contribution in [1.82, 2.24) is 4.98 Å². The zero-order chi connectivity index (χ0) is 11.4. The van der Waals surface area contributed by atoms with Crippen molar-refractivity contribution in [2.24, 2.45) is 5.73 Å². The molecular formula is C9H11N3O3. The summed E-state index contributed by atoms with van der Waals surface area (Å²) < 4.78 is 0. The van der Waals surface area contributed by atoms with Crippen LogP contribution in [-0.2, 0) is 4.79 Å². The SMILES string of the molecule is CN(CC(=O)O)c1cccc(C(N)=O)n1. The number of primary amides is 1. The van der Waals surface area contributed by atoms with Crippen molar-refractivity contribution in [3.63, 3.8) is 0 Å². The maximum absolute atomic E-state index is 10.8. The zero-order valence-electron chi connectivity index (χ0n) is 8.17. The second-order valence-electron chi connectivity index (χ2n) is 3.00. The van der Waals surface area contributed by atoms with Crippen molar-refractivity contribution in [1.29, 1.82) is 0 Å². The topological polar surface area (TPSA) is 96.5 Å². The molecule has 0 spiro atoms. The molecule has 0 saturated carbocycles. The van der Waals surface area contributed by atoms with Crippen LogP contribution in [0.4, 0.5) is 5.82 Å². The molecule has 3 N–H and O–H groups in total. The highest BCUT2D eigenvalue weighted by Crippen LogP contribution is 2.08. The van der Waals surface area contributed by atoms with E-state index in [2.05, 4.69) is 4.98 Å². The van der Waals surface area contributed by atoms with Crippen LogP contribution in [0, 0.1) is 0 Å². The standard InChI is InChI=1S/C9H11N3O3/c1-12(5-8(13)14)7-4-2-3-6(11-7)9(10)15/h2-4H,5H2,1H3,(H2,10,15)(H,13,14). The fraction of sp³-hybridized carbons (Fsp3) is 0.222. The van der Waals surface area contributed by atoms with Crippen LogP contribution in [0.25, 0.3) is 0 Å². The van der Waals surface area contributed by atoms with Crippen molar-refractivity contribution in [3.8, 4) is 0 Å². The summed E-state index contributed by atoms with van der Waals surface area (Å²) in [4.78, 5) is 26.6. The number of aromatic nitrogens is 1. The molecule has 6 nitrogen and oxygen atoms in total. The number of anilines is 1. The van der Waals surface area contributed by atoms with E-state index in [0.29, 0.717) is 5.82 Å². The van der Waals surface area contributed by atoms with Gasteiger partial charge in [-0.2, -0.15) is 0 Å². The minimum atomic E-state index is -0.969. The number of nitrogens with two attached hydrogens (primary N) is 1. The first-order valence-electron chi connectivity index (χ1n) is 4.20. The summed E-state index contributed by atoms with van der Waals surface area (Å²) >= 11 is 0. The lowest BCUT2D eigenvalue weighted by atomic mass is 10.3. The Morgan fingerprint density at radius 2 is 2.20 bits per heavy atom. The molecule has 1 aromatic heterocycles. The van der Waals surface area contributed by atoms with Gasteiger partial charge in [0.05, 0.1) is 0 Å². The van der Waals surface area contributed by atoms with Crippen molar-refractivity contribution in [2.45, 2.75) is 0 Å². The number of carboxylic acid groups (broad SMARTS) is 1. The van der Waals surface area contributed by atoms with Gasteiger partial charge in [-0.05, 0) is 12.1 Å². The third kappa shape index (κ3) is 2.94. The van der Waals surface area contributed by atoms with Crippen LogP contribution in [0.15, 0.2) is 18.2 Å². The molecule has 0 unspecified atom stereocenters. The van der Waals surface area contributed by atoms with Gasteiger partial charge >= 0.3 is 5.97 Å². The molecule has 1 amide bonds. The summed E-state index contributed by atoms with van der Waals surface area (Å²) in [5.41, 5.74) is 5.16. The maximum Gasteiger partial charge on any atom is 0.323 e. The van der Waals surface area contributed by atoms with E-state index in [0.717, 1.165) is 0 Å². The van der Waals surface area contributed by atoms with Gasteiger partial charge in [-0.15, -0.1) is 0 Å². The van der Waals surface area contributed by atoms with Crippen LogP contribution >= 0.6 is 0 Å². The molecule has 1 rings (SSSR count). The first-order valence-corrected chi connectivity index (χ1v) is 4.20. The van der Waals surface area contributed by atoms with E-state index in [1.807, 2.05) is 0 Å². The average molecular weight is 209 g/mol. The number of likely N-dealkylation sites (N-methyl/N-ethyl adjacent to an activating group) is 1. The van der Waals surface area contributed by atoms with Crippen LogP contribution in [0.3, 0.4) is 0 Å². The molecule has 0 aliphatic carbocycles. The second-order valence-corrected chi connectivity index (χ2v) is 3.00. The normalized spacial score (nSPS) is 9.67. The zero-order valence-corrected chi connectivity index (χ0v) is 8.17. The molecule has 80 valence electrons. The first kappa shape index (κ1) is 11.0. The first-order chi connectivity index (χ1) is 7.00. The van der Waals surface area contributed by atoms with E-state index >= 15 is 0 Å². The Balaban J connectivity index is 2.89. The van der Waals surface area contributed by atoms with E-state index in [4.69, 9.17) is 10.8 Å². The molecule has 0 saturated heterocycles. The Morgan fingerprint density at radius 1 is 1.53 bits per heavy atom. The fourth-order valence-corrected chi connectivity index (χ4v) is 1.06. The molecule has 1 aromatic rings. The van der Waals surface area contributed by atoms with E-state index in [1.54, 1.807) is 19.2 Å². The molecule has 0 radical (unpaired) electrons. The molecule has 0 bridgehead atoms. The predicted octanol–water partition coefficient (Wildman–Crippen LogP) is -0.299. The van der Waals surface area contributed by atoms with Gasteiger partial charge < -0.3 is 15.7 Å². The lowest BCUT2D eigenvalue weighted by molar-refractivity contribution is -0.135. The monoisotopic (exact) mass is 209 g/mol. The van der Waals surface area contributed by atoms with Crippen molar-refractivity contribution < 1.29 is 14.7 Å². The average Bonchev–Trinajstić information content (AvgIpc) is 2.17. The smallest absolute Gasteiger partial charge is 0.323 e. The number of carbonyl (C=O) groups excluding carboxylic acids is 1. The number of nitrogens with zero attached hydrogens (tertiary/aromatic N) is 2. The number of carboxylic acids is 1. The summed E-state index contributed by atoms with van der Waals surface area (Å²) in [6.45, 7) is -0.185. The molecule has 0 aliphatic rings. The van der Waals surface area contributed by atoms with Gasteiger partial charge in [-0.25, -0.2) is 4.98 Å². The molecule has 1 heterocycles. The Bertz CT molecular complexity index is 392. The molecule has 6 heteroatoms. The van der Waals surface area contributed by atoms with E-state index < -0.39 is 11.9 Å². The third-order valence-electron chi connectivity index (χ3n) is 1.75. The minimum absolute atomic E-state index is 0.115. The fourth-order valence-electron chi connectivity index (χ4n) is 1.06. The van der Waals surface area contributed by atoms with E-state index in [1.165, 1.54) is 11.0 Å². The summed E-state index contributed by atoms with van der Waals surface area (Å²) in [6, 6.07) is 4.68. The van der Waals surface area contributed by atoms with Gasteiger partial charge in [0.2, 0.25) is 0 Å². The van der Waals surface area contributed by atoms with Crippen molar-refractivity contribution >= 4 is 17.7 Å². The Kier molecular flexibility index (Phi) is 3.22. The lowest BCUT2D eigenvalue weighted by Gasteiger charge is -2.15. The molecule has 0 atom stereocenters. The molecule has 15 heavy (non-hydrogen) atoms. The lowest BCUT2D eigenvalue weighted by Crippen LogP contribution is -2.26. The molecule has 0 aromatic carbocycles. The van der Waals surface area contributed by atoms with Gasteiger partial charge in [-0.3, -0.25) is 9.59 Å². The third-order valence-corrected chi connectivity index (χ3v) is 1.75. The number of amides is 1. The summed E-state index contributed by atoms with van der Waals surface area (Å²) in [7, 11) is 1.57. The summed E-state index contributed by atoms with van der Waals surface area (Å²) in [5.74, 6) is -1.21. The quantitative estimate of drug-likeness (QED) is 0.709. The van der Waals surface area contributed by atoms with Gasteiger partial charge in [0.1, 0.15) is 18.1 Å². The Hall–Kier alpha value is -2.11. The second kappa shape index (κ2) is 4.41. The minimum Gasteiger partial charge on any atom is -0.480 e. The van der Waals surface area contributed by atoms with E-state index in [9.17, 15) is 9.59 Å². The number of pyridine rings is 1. The van der Waals surface area contributed by atoms with Crippen molar-refractivity contribution in [3.05, 3.63) is 23.9 Å². The number of hydrogen-bond acceptors (Lipinski definition) is 4. The molecule has 0 fully saturated rings. The highest BCUT2D eigenvalue weighted by molar-refractivity contribution is 5.91. The highest BCUT2D eigenvalue weighted by atomic mass is 16.4. The van der Waals surface area contributed by atoms with Crippen molar-refractivity contribution in [2.75, 3.05) is 18.5 Å². The number of hydrogen-bond donors (Lipinski definition) is 2. The van der Waals surface area contributed by atoms with Gasteiger partial charge in [0.15, 0.2) is 0 Å². The van der Waals surface area contributed by atoms with E-state index in [-0.39, 0.29) is 12.2 Å². The Labute approximate surface area is 86.3 Å². The van der Waals surface area contributed by atoms with Crippen LogP contribution in [0.1, 0.15) is 10.5 Å². The Morgan fingerprint density at radius 3 is 2.73 bits per heavy atom. The summed E-state index contributed by atoms with van der Waals surface area (Å²) in [5, 5.41) is 8.56. The highest BCUT2D eigenvalue weighted by Gasteiger charge is 2.09. The molecular weight excluding hydrogens is 198 g/mol. The largest absolute Gasteiger partial charge is 0.480 e. The van der Waals surface area contributed by atoms with Crippen LogP contribution in [0.2, 0.25) is 0 Å². The van der Waals surface area contributed by atoms with Crippen LogP contribution < -0.4 is 10.6 Å². The predicted molar refractivity (Wildman–Crippen MR) is 53.7 cm³/mol. The number of rotatable bonds is 4.